The maximum absolute atomic E-state index is 12.7. The Hall–Kier alpha value is -2.95. The highest BCUT2D eigenvalue weighted by molar-refractivity contribution is 5.96. The van der Waals surface area contributed by atoms with Crippen molar-refractivity contribution in [1.82, 2.24) is 10.6 Å². The molecule has 7 nitrogen and oxygen atoms in total. The van der Waals surface area contributed by atoms with Gasteiger partial charge in [-0.2, -0.15) is 5.26 Å². The summed E-state index contributed by atoms with van der Waals surface area (Å²) in [6.45, 7) is -0.730. The molecule has 0 unspecified atom stereocenters. The summed E-state index contributed by atoms with van der Waals surface area (Å²) < 4.78 is 17.3. The van der Waals surface area contributed by atoms with Crippen molar-refractivity contribution >= 4 is 17.8 Å². The number of halogens is 1. The summed E-state index contributed by atoms with van der Waals surface area (Å²) in [7, 11) is 0. The molecule has 0 aliphatic carbocycles. The van der Waals surface area contributed by atoms with Crippen LogP contribution in [0.25, 0.3) is 0 Å². The summed E-state index contributed by atoms with van der Waals surface area (Å²) in [5.74, 6) is -2.35. The van der Waals surface area contributed by atoms with Crippen molar-refractivity contribution in [3.05, 3.63) is 35.6 Å². The highest BCUT2D eigenvalue weighted by Gasteiger charge is 2.10. The number of ether oxygens (including phenoxy) is 1. The quantitative estimate of drug-likeness (QED) is 0.550. The zero-order valence-corrected chi connectivity index (χ0v) is 11.6. The van der Waals surface area contributed by atoms with Gasteiger partial charge in [0.25, 0.3) is 11.8 Å². The van der Waals surface area contributed by atoms with Crippen molar-refractivity contribution in [2.45, 2.75) is 6.42 Å². The molecule has 0 aliphatic rings. The third-order valence-corrected chi connectivity index (χ3v) is 2.42. The van der Waals surface area contributed by atoms with Gasteiger partial charge in [-0.15, -0.1) is 0 Å². The first-order chi connectivity index (χ1) is 10.5. The fourth-order valence-corrected chi connectivity index (χ4v) is 1.36. The lowest BCUT2D eigenvalue weighted by Gasteiger charge is -2.06. The van der Waals surface area contributed by atoms with Crippen LogP contribution in [0.3, 0.4) is 0 Å². The Morgan fingerprint density at radius 3 is 2.50 bits per heavy atom. The average molecular weight is 307 g/mol. The molecule has 116 valence electrons. The van der Waals surface area contributed by atoms with Crippen LogP contribution in [0.2, 0.25) is 0 Å². The van der Waals surface area contributed by atoms with Crippen molar-refractivity contribution in [2.24, 2.45) is 0 Å². The zero-order chi connectivity index (χ0) is 16.4. The predicted octanol–water partition coefficient (Wildman–Crippen LogP) is 0.129. The van der Waals surface area contributed by atoms with Crippen LogP contribution >= 0.6 is 0 Å². The topological polar surface area (TPSA) is 108 Å². The van der Waals surface area contributed by atoms with Gasteiger partial charge in [0.15, 0.2) is 6.61 Å². The molecule has 0 spiro atoms. The van der Waals surface area contributed by atoms with Gasteiger partial charge >= 0.3 is 5.97 Å². The number of rotatable bonds is 7. The number of nitrogens with zero attached hydrogens (tertiary/aromatic N) is 1. The fraction of sp³-hybridized carbons (Fsp3) is 0.286. The lowest BCUT2D eigenvalue weighted by atomic mass is 10.2. The molecule has 2 N–H and O–H groups in total. The van der Waals surface area contributed by atoms with Gasteiger partial charge in [0.2, 0.25) is 0 Å². The summed E-state index contributed by atoms with van der Waals surface area (Å²) in [5, 5.41) is 12.9. The van der Waals surface area contributed by atoms with E-state index in [1.807, 2.05) is 6.07 Å². The molecule has 0 heterocycles. The maximum Gasteiger partial charge on any atom is 0.325 e. The van der Waals surface area contributed by atoms with E-state index in [1.54, 1.807) is 0 Å². The van der Waals surface area contributed by atoms with Crippen molar-refractivity contribution < 1.29 is 23.5 Å². The Kier molecular flexibility index (Phi) is 7.05. The van der Waals surface area contributed by atoms with Crippen LogP contribution in [0, 0.1) is 17.1 Å². The number of benzene rings is 1. The molecule has 0 bridgehead atoms. The third-order valence-electron chi connectivity index (χ3n) is 2.42. The van der Waals surface area contributed by atoms with E-state index < -0.39 is 36.8 Å². The van der Waals surface area contributed by atoms with Crippen molar-refractivity contribution in [2.75, 3.05) is 19.7 Å². The van der Waals surface area contributed by atoms with E-state index in [1.165, 1.54) is 12.1 Å². The van der Waals surface area contributed by atoms with Crippen LogP contribution in [0.5, 0.6) is 0 Å². The first-order valence-electron chi connectivity index (χ1n) is 6.36. The average Bonchev–Trinajstić information content (AvgIpc) is 2.51. The van der Waals surface area contributed by atoms with Gasteiger partial charge in [-0.05, 0) is 24.3 Å². The van der Waals surface area contributed by atoms with Gasteiger partial charge in [-0.3, -0.25) is 14.4 Å². The SMILES string of the molecule is N#CCCNC(=O)COC(=O)CNC(=O)c1ccc(F)cc1. The number of carbonyl (C=O) groups excluding carboxylic acids is 3. The van der Waals surface area contributed by atoms with E-state index >= 15 is 0 Å². The second-order valence-corrected chi connectivity index (χ2v) is 4.11. The van der Waals surface area contributed by atoms with Gasteiger partial charge in [0.05, 0.1) is 12.5 Å². The Morgan fingerprint density at radius 2 is 1.86 bits per heavy atom. The standard InChI is InChI=1S/C14H14FN3O4/c15-11-4-2-10(3-5-11)14(21)18-8-13(20)22-9-12(19)17-7-1-6-16/h2-5H,1,7-9H2,(H,17,19)(H,18,21). The van der Waals surface area contributed by atoms with Gasteiger partial charge in [-0.1, -0.05) is 0 Å². The molecule has 0 saturated carbocycles. The number of hydrogen-bond donors (Lipinski definition) is 2. The molecule has 0 aliphatic heterocycles. The van der Waals surface area contributed by atoms with Crippen LogP contribution in [0.1, 0.15) is 16.8 Å². The number of amides is 2. The minimum absolute atomic E-state index is 0.160. The summed E-state index contributed by atoms with van der Waals surface area (Å²) in [6.07, 6.45) is 0.160. The molecule has 0 atom stereocenters. The number of esters is 1. The van der Waals surface area contributed by atoms with Crippen molar-refractivity contribution in [3.63, 3.8) is 0 Å². The summed E-state index contributed by atoms with van der Waals surface area (Å²) in [5.41, 5.74) is 0.198. The fourth-order valence-electron chi connectivity index (χ4n) is 1.36. The molecule has 0 aromatic heterocycles. The Labute approximate surface area is 126 Å². The molecule has 0 radical (unpaired) electrons. The largest absolute Gasteiger partial charge is 0.454 e. The molecular formula is C14H14FN3O4. The number of nitrogens with one attached hydrogen (secondary N) is 2. The molecule has 8 heteroatoms. The minimum Gasteiger partial charge on any atom is -0.454 e. The Morgan fingerprint density at radius 1 is 1.18 bits per heavy atom. The van der Waals surface area contributed by atoms with E-state index in [0.717, 1.165) is 12.1 Å². The zero-order valence-electron chi connectivity index (χ0n) is 11.6. The van der Waals surface area contributed by atoms with Crippen LogP contribution in [-0.2, 0) is 14.3 Å². The minimum atomic E-state index is -0.786. The number of hydrogen-bond acceptors (Lipinski definition) is 5. The highest BCUT2D eigenvalue weighted by atomic mass is 19.1. The molecular weight excluding hydrogens is 293 g/mol. The summed E-state index contributed by atoms with van der Waals surface area (Å²) in [6, 6.07) is 6.65. The second-order valence-electron chi connectivity index (χ2n) is 4.11. The summed E-state index contributed by atoms with van der Waals surface area (Å²) >= 11 is 0. The molecule has 1 aromatic rings. The smallest absolute Gasteiger partial charge is 0.325 e. The van der Waals surface area contributed by atoms with Crippen molar-refractivity contribution in [1.29, 1.82) is 5.26 Å². The van der Waals surface area contributed by atoms with E-state index in [0.29, 0.717) is 0 Å². The summed E-state index contributed by atoms with van der Waals surface area (Å²) in [4.78, 5) is 34.2. The van der Waals surface area contributed by atoms with E-state index in [2.05, 4.69) is 15.4 Å². The first kappa shape index (κ1) is 17.1. The van der Waals surface area contributed by atoms with Crippen molar-refractivity contribution in [3.8, 4) is 6.07 Å². The highest BCUT2D eigenvalue weighted by Crippen LogP contribution is 2.02. The van der Waals surface area contributed by atoms with Gasteiger partial charge in [0, 0.05) is 12.1 Å². The first-order valence-corrected chi connectivity index (χ1v) is 6.36. The maximum atomic E-state index is 12.7. The van der Waals surface area contributed by atoms with Gasteiger partial charge in [-0.25, -0.2) is 4.39 Å². The monoisotopic (exact) mass is 307 g/mol. The van der Waals surface area contributed by atoms with Crippen LogP contribution in [0.4, 0.5) is 4.39 Å². The molecule has 1 aromatic carbocycles. The van der Waals surface area contributed by atoms with E-state index in [4.69, 9.17) is 5.26 Å². The molecule has 2 amide bonds. The van der Waals surface area contributed by atoms with Gasteiger partial charge in [0.1, 0.15) is 12.4 Å². The lowest BCUT2D eigenvalue weighted by molar-refractivity contribution is -0.147. The van der Waals surface area contributed by atoms with Crippen LogP contribution < -0.4 is 10.6 Å². The second kappa shape index (κ2) is 9.07. The van der Waals surface area contributed by atoms with Crippen LogP contribution in [-0.4, -0.2) is 37.5 Å². The molecule has 22 heavy (non-hydrogen) atoms. The van der Waals surface area contributed by atoms with Crippen LogP contribution in [0.15, 0.2) is 24.3 Å². The van der Waals surface area contributed by atoms with Gasteiger partial charge < -0.3 is 15.4 Å². The molecule has 0 fully saturated rings. The number of carbonyl (C=O) groups is 3. The molecule has 1 rings (SSSR count). The van der Waals surface area contributed by atoms with E-state index in [-0.39, 0.29) is 18.5 Å². The lowest BCUT2D eigenvalue weighted by Crippen LogP contribution is -2.34. The predicted molar refractivity (Wildman–Crippen MR) is 72.9 cm³/mol. The third kappa shape index (κ3) is 6.47. The normalized spacial score (nSPS) is 9.45. The number of nitriles is 1. The van der Waals surface area contributed by atoms with E-state index in [9.17, 15) is 18.8 Å². The molecule has 0 saturated heterocycles. The Balaban J connectivity index is 2.25. The Bertz CT molecular complexity index is 581.